The van der Waals surface area contributed by atoms with E-state index in [1.54, 1.807) is 11.3 Å². The topological polar surface area (TPSA) is 41.1 Å². The Morgan fingerprint density at radius 3 is 2.76 bits per heavy atom. The van der Waals surface area contributed by atoms with Crippen LogP contribution in [0.4, 0.5) is 11.8 Å². The summed E-state index contributed by atoms with van der Waals surface area (Å²) < 4.78 is 0. The Balaban J connectivity index is 2.06. The molecule has 114 valence electrons. The molecule has 0 amide bonds. The lowest BCUT2D eigenvalue weighted by molar-refractivity contribution is 0.532. The van der Waals surface area contributed by atoms with E-state index in [0.717, 1.165) is 23.1 Å². The summed E-state index contributed by atoms with van der Waals surface area (Å²) in [7, 11) is 1.89. The van der Waals surface area contributed by atoms with Crippen molar-refractivity contribution < 1.29 is 0 Å². The average molecular weight is 304 g/mol. The summed E-state index contributed by atoms with van der Waals surface area (Å²) in [6, 6.07) is 2.80. The second kappa shape index (κ2) is 6.18. The van der Waals surface area contributed by atoms with Crippen LogP contribution in [0.1, 0.15) is 39.5 Å². The third kappa shape index (κ3) is 2.98. The Hall–Kier alpha value is -1.36. The van der Waals surface area contributed by atoms with Crippen LogP contribution in [0.25, 0.3) is 10.2 Å². The summed E-state index contributed by atoms with van der Waals surface area (Å²) in [6.45, 7) is 5.63. The third-order valence-electron chi connectivity index (χ3n) is 4.13. The monoisotopic (exact) mass is 304 g/mol. The van der Waals surface area contributed by atoms with E-state index in [0.29, 0.717) is 12.0 Å². The summed E-state index contributed by atoms with van der Waals surface area (Å²) in [4.78, 5) is 13.0. The van der Waals surface area contributed by atoms with E-state index < -0.39 is 0 Å². The molecule has 2 heterocycles. The molecule has 1 fully saturated rings. The quantitative estimate of drug-likeness (QED) is 0.901. The van der Waals surface area contributed by atoms with Gasteiger partial charge in [-0.25, -0.2) is 4.98 Å². The molecule has 1 saturated carbocycles. The van der Waals surface area contributed by atoms with Gasteiger partial charge in [-0.1, -0.05) is 26.7 Å². The van der Waals surface area contributed by atoms with Gasteiger partial charge in [-0.2, -0.15) is 4.98 Å². The number of hydrogen-bond acceptors (Lipinski definition) is 5. The van der Waals surface area contributed by atoms with Crippen LogP contribution in [0, 0.1) is 5.92 Å². The summed E-state index contributed by atoms with van der Waals surface area (Å²) in [5, 5.41) is 6.42. The highest BCUT2D eigenvalue weighted by Gasteiger charge is 2.26. The van der Waals surface area contributed by atoms with E-state index in [1.165, 1.54) is 31.1 Å². The molecule has 0 radical (unpaired) electrons. The lowest BCUT2D eigenvalue weighted by atomic mass is 10.1. The largest absolute Gasteiger partial charge is 0.357 e. The minimum Gasteiger partial charge on any atom is -0.357 e. The molecule has 1 aliphatic carbocycles. The highest BCUT2D eigenvalue weighted by molar-refractivity contribution is 7.16. The summed E-state index contributed by atoms with van der Waals surface area (Å²) in [6.07, 6.45) is 5.26. The Bertz CT molecular complexity index is 601. The number of nitrogens with one attached hydrogen (secondary N) is 1. The SMILES string of the molecule is CNc1nc(N(CC(C)C)C2CCCC2)c2ccsc2n1. The standard InChI is InChI=1S/C16H24N4S/c1-11(2)10-20(12-6-4-5-7-12)14-13-8-9-21-15(13)19-16(17-3)18-14/h8-9,11-12H,4-7,10H2,1-3H3,(H,17,18,19). The molecule has 0 unspecified atom stereocenters. The molecule has 5 heteroatoms. The Labute approximate surface area is 130 Å². The first-order valence-electron chi connectivity index (χ1n) is 7.88. The normalized spacial score (nSPS) is 16.0. The van der Waals surface area contributed by atoms with E-state index in [-0.39, 0.29) is 0 Å². The van der Waals surface area contributed by atoms with Crippen LogP contribution < -0.4 is 10.2 Å². The minimum atomic E-state index is 0.632. The first kappa shape index (κ1) is 14.6. The Morgan fingerprint density at radius 2 is 2.10 bits per heavy atom. The predicted molar refractivity (Wildman–Crippen MR) is 91.4 cm³/mol. The van der Waals surface area contributed by atoms with E-state index in [9.17, 15) is 0 Å². The van der Waals surface area contributed by atoms with Crippen molar-refractivity contribution in [2.24, 2.45) is 5.92 Å². The lowest BCUT2D eigenvalue weighted by Gasteiger charge is -2.32. The lowest BCUT2D eigenvalue weighted by Crippen LogP contribution is -2.37. The second-order valence-electron chi connectivity index (χ2n) is 6.24. The minimum absolute atomic E-state index is 0.632. The summed E-state index contributed by atoms with van der Waals surface area (Å²) in [5.41, 5.74) is 0. The molecule has 0 aliphatic heterocycles. The zero-order chi connectivity index (χ0) is 14.8. The Morgan fingerprint density at radius 1 is 1.33 bits per heavy atom. The van der Waals surface area contributed by atoms with E-state index in [1.807, 2.05) is 7.05 Å². The van der Waals surface area contributed by atoms with Crippen molar-refractivity contribution >= 4 is 33.3 Å². The number of hydrogen-bond donors (Lipinski definition) is 1. The molecule has 2 aromatic rings. The number of rotatable bonds is 5. The van der Waals surface area contributed by atoms with E-state index in [4.69, 9.17) is 4.98 Å². The van der Waals surface area contributed by atoms with Crippen LogP contribution in [-0.2, 0) is 0 Å². The fourth-order valence-corrected chi connectivity index (χ4v) is 3.95. The van der Waals surface area contributed by atoms with Crippen LogP contribution in [-0.4, -0.2) is 29.6 Å². The molecule has 0 aromatic carbocycles. The van der Waals surface area contributed by atoms with Crippen LogP contribution in [0.3, 0.4) is 0 Å². The van der Waals surface area contributed by atoms with Gasteiger partial charge < -0.3 is 10.2 Å². The number of aromatic nitrogens is 2. The van der Waals surface area contributed by atoms with Crippen LogP contribution in [0.5, 0.6) is 0 Å². The van der Waals surface area contributed by atoms with Crippen molar-refractivity contribution in [1.29, 1.82) is 0 Å². The van der Waals surface area contributed by atoms with Crippen molar-refractivity contribution in [3.8, 4) is 0 Å². The maximum Gasteiger partial charge on any atom is 0.225 e. The molecule has 3 rings (SSSR count). The van der Waals surface area contributed by atoms with Gasteiger partial charge >= 0.3 is 0 Å². The van der Waals surface area contributed by atoms with E-state index in [2.05, 4.69) is 40.5 Å². The van der Waals surface area contributed by atoms with Gasteiger partial charge in [0.25, 0.3) is 0 Å². The van der Waals surface area contributed by atoms with Gasteiger partial charge in [0, 0.05) is 19.6 Å². The van der Waals surface area contributed by atoms with Crippen molar-refractivity contribution in [1.82, 2.24) is 9.97 Å². The van der Waals surface area contributed by atoms with Gasteiger partial charge in [0.2, 0.25) is 5.95 Å². The van der Waals surface area contributed by atoms with Gasteiger partial charge in [0.15, 0.2) is 0 Å². The highest BCUT2D eigenvalue weighted by atomic mass is 32.1. The maximum absolute atomic E-state index is 4.80. The smallest absolute Gasteiger partial charge is 0.225 e. The van der Waals surface area contributed by atoms with Crippen LogP contribution in [0.2, 0.25) is 0 Å². The third-order valence-corrected chi connectivity index (χ3v) is 4.93. The molecular formula is C16H24N4S. The molecule has 0 atom stereocenters. The highest BCUT2D eigenvalue weighted by Crippen LogP contribution is 2.34. The number of thiophene rings is 1. The van der Waals surface area contributed by atoms with Gasteiger partial charge in [-0.05, 0) is 30.2 Å². The number of fused-ring (bicyclic) bond motifs is 1. The first-order chi connectivity index (χ1) is 10.2. The number of nitrogens with zero attached hydrogens (tertiary/aromatic N) is 3. The molecule has 4 nitrogen and oxygen atoms in total. The van der Waals surface area contributed by atoms with Crippen molar-refractivity contribution in [2.75, 3.05) is 23.8 Å². The van der Waals surface area contributed by atoms with Gasteiger partial charge in [-0.15, -0.1) is 11.3 Å². The van der Waals surface area contributed by atoms with Gasteiger partial charge in [0.05, 0.1) is 5.39 Å². The van der Waals surface area contributed by atoms with Gasteiger partial charge in [-0.3, -0.25) is 0 Å². The van der Waals surface area contributed by atoms with Crippen LogP contribution >= 0.6 is 11.3 Å². The average Bonchev–Trinajstić information content (AvgIpc) is 3.14. The van der Waals surface area contributed by atoms with Crippen molar-refractivity contribution in [3.05, 3.63) is 11.4 Å². The molecular weight excluding hydrogens is 280 g/mol. The van der Waals surface area contributed by atoms with Gasteiger partial charge in [0.1, 0.15) is 10.6 Å². The summed E-state index contributed by atoms with van der Waals surface area (Å²) >= 11 is 1.69. The molecule has 1 aliphatic rings. The molecule has 2 aromatic heterocycles. The fraction of sp³-hybridized carbons (Fsp3) is 0.625. The zero-order valence-electron chi connectivity index (χ0n) is 13.1. The molecule has 0 bridgehead atoms. The number of anilines is 2. The van der Waals surface area contributed by atoms with Crippen molar-refractivity contribution in [2.45, 2.75) is 45.6 Å². The summed E-state index contributed by atoms with van der Waals surface area (Å²) in [5.74, 6) is 2.48. The predicted octanol–water partition coefficient (Wildman–Crippen LogP) is 4.14. The maximum atomic E-state index is 4.80. The molecule has 0 saturated heterocycles. The second-order valence-corrected chi connectivity index (χ2v) is 7.14. The molecule has 21 heavy (non-hydrogen) atoms. The first-order valence-corrected chi connectivity index (χ1v) is 8.76. The Kier molecular flexibility index (Phi) is 4.29. The van der Waals surface area contributed by atoms with E-state index >= 15 is 0 Å². The zero-order valence-corrected chi connectivity index (χ0v) is 13.9. The van der Waals surface area contributed by atoms with Crippen molar-refractivity contribution in [3.63, 3.8) is 0 Å². The molecule has 0 spiro atoms. The fourth-order valence-electron chi connectivity index (χ4n) is 3.19. The van der Waals surface area contributed by atoms with Crippen LogP contribution in [0.15, 0.2) is 11.4 Å². The molecule has 1 N–H and O–H groups in total.